The minimum atomic E-state index is -4.41. The lowest BCUT2D eigenvalue weighted by Crippen LogP contribution is -2.41. The third-order valence-corrected chi connectivity index (χ3v) is 5.26. The van der Waals surface area contributed by atoms with Crippen LogP contribution in [0.3, 0.4) is 0 Å². The van der Waals surface area contributed by atoms with Crippen molar-refractivity contribution in [3.05, 3.63) is 65.2 Å². The van der Waals surface area contributed by atoms with E-state index in [0.29, 0.717) is 49.2 Å². The van der Waals surface area contributed by atoms with Crippen molar-refractivity contribution < 1.29 is 27.6 Å². The molecule has 0 bridgehead atoms. The molecule has 0 radical (unpaired) electrons. The van der Waals surface area contributed by atoms with Crippen LogP contribution in [0.15, 0.2) is 48.5 Å². The number of ketones is 1. The van der Waals surface area contributed by atoms with Gasteiger partial charge >= 0.3 is 6.18 Å². The monoisotopic (exact) mass is 418 g/mol. The van der Waals surface area contributed by atoms with Crippen LogP contribution in [-0.4, -0.2) is 36.1 Å². The molecule has 0 aromatic heterocycles. The van der Waals surface area contributed by atoms with Gasteiger partial charge in [0.1, 0.15) is 0 Å². The van der Waals surface area contributed by atoms with Crippen LogP contribution in [0.4, 0.5) is 18.9 Å². The zero-order valence-electron chi connectivity index (χ0n) is 16.1. The Hall–Kier alpha value is -3.16. The van der Waals surface area contributed by atoms with E-state index >= 15 is 0 Å². The maximum absolute atomic E-state index is 12.8. The highest BCUT2D eigenvalue weighted by Crippen LogP contribution is 2.29. The van der Waals surface area contributed by atoms with Gasteiger partial charge in [0.15, 0.2) is 5.78 Å². The number of carbonyl (C=O) groups excluding carboxylic acids is 3. The number of alkyl halides is 3. The zero-order valence-corrected chi connectivity index (χ0v) is 16.1. The molecule has 1 saturated heterocycles. The molecule has 0 unspecified atom stereocenters. The molecule has 1 aliphatic rings. The van der Waals surface area contributed by atoms with Crippen LogP contribution in [0.25, 0.3) is 0 Å². The van der Waals surface area contributed by atoms with E-state index in [9.17, 15) is 27.6 Å². The van der Waals surface area contributed by atoms with Crippen LogP contribution in [0.2, 0.25) is 0 Å². The second kappa shape index (κ2) is 9.11. The summed E-state index contributed by atoms with van der Waals surface area (Å²) in [5.41, 5.74) is 0.667. The van der Waals surface area contributed by atoms with Gasteiger partial charge in [-0.3, -0.25) is 14.4 Å². The van der Waals surface area contributed by atoms with Gasteiger partial charge in [0, 0.05) is 24.6 Å². The van der Waals surface area contributed by atoms with Crippen molar-refractivity contribution in [2.24, 2.45) is 5.92 Å². The number of likely N-dealkylation sites (tertiary alicyclic amines) is 1. The summed E-state index contributed by atoms with van der Waals surface area (Å²) in [4.78, 5) is 37.7. The van der Waals surface area contributed by atoms with Crippen molar-refractivity contribution in [3.63, 3.8) is 0 Å². The van der Waals surface area contributed by atoms with Gasteiger partial charge in [0.2, 0.25) is 12.3 Å². The highest BCUT2D eigenvalue weighted by Gasteiger charge is 2.31. The molecule has 2 amide bonds. The van der Waals surface area contributed by atoms with Crippen LogP contribution in [0.1, 0.15) is 34.3 Å². The first-order valence-electron chi connectivity index (χ1n) is 9.57. The lowest BCUT2D eigenvalue weighted by Gasteiger charge is -2.31. The van der Waals surface area contributed by atoms with E-state index in [1.54, 1.807) is 29.2 Å². The molecule has 0 atom stereocenters. The number of nitrogens with zero attached hydrogens (tertiary/aromatic N) is 1. The van der Waals surface area contributed by atoms with Crippen molar-refractivity contribution in [2.45, 2.75) is 25.4 Å². The van der Waals surface area contributed by atoms with Gasteiger partial charge in [-0.2, -0.15) is 13.2 Å². The number of hydrogen-bond acceptors (Lipinski definition) is 3. The predicted octanol–water partition coefficient (Wildman–Crippen LogP) is 3.94. The Balaban J connectivity index is 1.57. The molecule has 3 rings (SSSR count). The van der Waals surface area contributed by atoms with Gasteiger partial charge in [-0.25, -0.2) is 0 Å². The Morgan fingerprint density at radius 1 is 1.03 bits per heavy atom. The number of hydrogen-bond donors (Lipinski definition) is 1. The number of Topliss-reactive ketones (excluding diaryl/α,β-unsaturated/α-hetero) is 1. The molecule has 2 aromatic carbocycles. The van der Waals surface area contributed by atoms with Gasteiger partial charge in [-0.1, -0.05) is 24.3 Å². The number of rotatable bonds is 6. The van der Waals surface area contributed by atoms with Crippen LogP contribution in [0, 0.1) is 5.92 Å². The second-order valence-electron chi connectivity index (χ2n) is 7.20. The summed E-state index contributed by atoms with van der Waals surface area (Å²) in [7, 11) is 0. The highest BCUT2D eigenvalue weighted by atomic mass is 19.4. The first-order valence-corrected chi connectivity index (χ1v) is 9.57. The first kappa shape index (κ1) is 21.5. The van der Waals surface area contributed by atoms with Crippen molar-refractivity contribution in [1.82, 2.24) is 4.90 Å². The Morgan fingerprint density at radius 3 is 2.27 bits per heavy atom. The fourth-order valence-corrected chi connectivity index (χ4v) is 3.60. The molecule has 1 fully saturated rings. The smallest absolute Gasteiger partial charge is 0.342 e. The van der Waals surface area contributed by atoms with Crippen molar-refractivity contribution in [1.29, 1.82) is 0 Å². The molecular formula is C22H21F3N2O3. The van der Waals surface area contributed by atoms with Gasteiger partial charge in [0.05, 0.1) is 17.7 Å². The van der Waals surface area contributed by atoms with Crippen LogP contribution in [0.5, 0.6) is 0 Å². The molecule has 0 saturated carbocycles. The summed E-state index contributed by atoms with van der Waals surface area (Å²) in [5, 5.41) is 2.53. The number of carbonyl (C=O) groups is 3. The maximum Gasteiger partial charge on any atom is 0.416 e. The lowest BCUT2D eigenvalue weighted by molar-refractivity contribution is -0.137. The number of piperidine rings is 1. The molecule has 1 N–H and O–H groups in total. The summed E-state index contributed by atoms with van der Waals surface area (Å²) in [5.74, 6) is -0.506. The quantitative estimate of drug-likeness (QED) is 0.571. The van der Waals surface area contributed by atoms with Crippen LogP contribution < -0.4 is 5.32 Å². The molecule has 5 nitrogen and oxygen atoms in total. The zero-order chi connectivity index (χ0) is 21.7. The summed E-state index contributed by atoms with van der Waals surface area (Å²) >= 11 is 0. The molecule has 30 heavy (non-hydrogen) atoms. The topological polar surface area (TPSA) is 66.5 Å². The van der Waals surface area contributed by atoms with Gasteiger partial charge in [-0.05, 0) is 42.7 Å². The van der Waals surface area contributed by atoms with Crippen molar-refractivity contribution in [2.75, 3.05) is 18.4 Å². The van der Waals surface area contributed by atoms with E-state index in [1.165, 1.54) is 12.1 Å². The number of nitrogens with one attached hydrogen (secondary N) is 1. The fraction of sp³-hybridized carbons (Fsp3) is 0.318. The molecule has 1 aliphatic heterocycles. The van der Waals surface area contributed by atoms with Crippen molar-refractivity contribution >= 4 is 23.8 Å². The summed E-state index contributed by atoms with van der Waals surface area (Å²) < 4.78 is 37.9. The molecular weight excluding hydrogens is 397 g/mol. The van der Waals surface area contributed by atoms with Crippen molar-refractivity contribution in [3.8, 4) is 0 Å². The third kappa shape index (κ3) is 5.06. The Bertz CT molecular complexity index is 918. The second-order valence-corrected chi connectivity index (χ2v) is 7.20. The molecule has 2 aromatic rings. The summed E-state index contributed by atoms with van der Waals surface area (Å²) in [6, 6.07) is 11.3. The standard InChI is InChI=1S/C22H21F3N2O3/c23-22(24,25)17-7-5-15(6-8-17)13-20(29)27-11-9-16(10-12-27)21(30)18-3-1-2-4-19(18)26-14-28/h1-8,14,16H,9-13H2,(H,26,28). The Labute approximate surface area is 171 Å². The summed E-state index contributed by atoms with van der Waals surface area (Å²) in [6.07, 6.45) is -2.88. The Kier molecular flexibility index (Phi) is 6.54. The normalized spacial score (nSPS) is 15.0. The minimum Gasteiger partial charge on any atom is -0.342 e. The fourth-order valence-electron chi connectivity index (χ4n) is 3.60. The van der Waals surface area contributed by atoms with Gasteiger partial charge in [0.25, 0.3) is 0 Å². The first-order chi connectivity index (χ1) is 14.3. The Morgan fingerprint density at radius 2 is 1.67 bits per heavy atom. The molecule has 0 aliphatic carbocycles. The number of para-hydroxylation sites is 1. The van der Waals surface area contributed by atoms with E-state index in [1.807, 2.05) is 0 Å². The SMILES string of the molecule is O=CNc1ccccc1C(=O)C1CCN(C(=O)Cc2ccc(C(F)(F)F)cc2)CC1. The van der Waals surface area contributed by atoms with E-state index in [2.05, 4.69) is 5.32 Å². The average Bonchev–Trinajstić information content (AvgIpc) is 2.74. The van der Waals surface area contributed by atoms with Crippen LogP contribution >= 0.6 is 0 Å². The number of halogens is 3. The molecule has 8 heteroatoms. The molecule has 0 spiro atoms. The van der Waals surface area contributed by atoms with E-state index in [4.69, 9.17) is 0 Å². The lowest BCUT2D eigenvalue weighted by atomic mass is 9.88. The summed E-state index contributed by atoms with van der Waals surface area (Å²) in [6.45, 7) is 0.804. The number of amides is 2. The third-order valence-electron chi connectivity index (χ3n) is 5.26. The van der Waals surface area contributed by atoms with E-state index in [-0.39, 0.29) is 24.0 Å². The van der Waals surface area contributed by atoms with Gasteiger partial charge < -0.3 is 10.2 Å². The largest absolute Gasteiger partial charge is 0.416 e. The molecule has 1 heterocycles. The van der Waals surface area contributed by atoms with E-state index in [0.717, 1.165) is 12.1 Å². The van der Waals surface area contributed by atoms with E-state index < -0.39 is 11.7 Å². The number of benzene rings is 2. The minimum absolute atomic E-state index is 0.0167. The maximum atomic E-state index is 12.8. The van der Waals surface area contributed by atoms with Gasteiger partial charge in [-0.15, -0.1) is 0 Å². The van der Waals surface area contributed by atoms with Crippen LogP contribution in [-0.2, 0) is 22.2 Å². The number of anilines is 1. The highest BCUT2D eigenvalue weighted by molar-refractivity contribution is 6.04. The molecule has 158 valence electrons. The predicted molar refractivity (Wildman–Crippen MR) is 105 cm³/mol. The average molecular weight is 418 g/mol.